The number of hydrogen-bond acceptors (Lipinski definition) is 4. The van der Waals surface area contributed by atoms with Crippen molar-refractivity contribution >= 4 is 11.9 Å². The van der Waals surface area contributed by atoms with Crippen LogP contribution < -0.4 is 5.32 Å². The molecule has 0 heterocycles. The van der Waals surface area contributed by atoms with E-state index in [-0.39, 0.29) is 29.5 Å². The Kier molecular flexibility index (Phi) is 4.12. The average Bonchev–Trinajstić information content (AvgIpc) is 2.87. The monoisotopic (exact) mass is 279 g/mol. The Morgan fingerprint density at radius 1 is 1.25 bits per heavy atom. The van der Waals surface area contributed by atoms with Crippen molar-refractivity contribution in [1.82, 2.24) is 5.32 Å². The average molecular weight is 279 g/mol. The third-order valence-corrected chi connectivity index (χ3v) is 3.73. The highest BCUT2D eigenvalue weighted by atomic mass is 16.4. The lowest BCUT2D eigenvalue weighted by Crippen LogP contribution is -2.33. The number of rotatable bonds is 4. The summed E-state index contributed by atoms with van der Waals surface area (Å²) in [7, 11) is 0. The largest absolute Gasteiger partial charge is 0.508 e. The molecule has 2 rings (SSSR count). The minimum absolute atomic E-state index is 0.0186. The summed E-state index contributed by atoms with van der Waals surface area (Å²) in [6.07, 6.45) is 2.24. The quantitative estimate of drug-likeness (QED) is 0.622. The van der Waals surface area contributed by atoms with Gasteiger partial charge in [0.2, 0.25) is 0 Å². The maximum absolute atomic E-state index is 11.9. The van der Waals surface area contributed by atoms with Crippen molar-refractivity contribution in [3.63, 3.8) is 0 Å². The number of carboxylic acid groups (broad SMARTS) is 1. The molecule has 1 saturated carbocycles. The first kappa shape index (κ1) is 14.2. The molecule has 2 unspecified atom stereocenters. The number of carbonyl (C=O) groups excluding carboxylic acids is 1. The standard InChI is InChI=1S/C14H17NO5/c16-9-4-5-12(17)11(6-9)13(18)15-7-8-2-1-3-10(8)14(19)20/h4-6,8,10,16-17H,1-3,7H2,(H,15,18)(H,19,20). The number of hydrogen-bond donors (Lipinski definition) is 4. The van der Waals surface area contributed by atoms with Gasteiger partial charge in [-0.05, 0) is 37.0 Å². The molecule has 108 valence electrons. The predicted octanol–water partition coefficient (Wildman–Crippen LogP) is 1.33. The highest BCUT2D eigenvalue weighted by Gasteiger charge is 2.33. The smallest absolute Gasteiger partial charge is 0.306 e. The minimum atomic E-state index is -0.832. The van der Waals surface area contributed by atoms with Gasteiger partial charge in [0.1, 0.15) is 11.5 Å². The Morgan fingerprint density at radius 3 is 2.70 bits per heavy atom. The van der Waals surface area contributed by atoms with Gasteiger partial charge in [-0.1, -0.05) is 6.42 Å². The van der Waals surface area contributed by atoms with Crippen LogP contribution in [0.3, 0.4) is 0 Å². The summed E-state index contributed by atoms with van der Waals surface area (Å²) in [6, 6.07) is 3.69. The lowest BCUT2D eigenvalue weighted by atomic mass is 9.96. The Hall–Kier alpha value is -2.24. The van der Waals surface area contributed by atoms with Gasteiger partial charge in [0.25, 0.3) is 5.91 Å². The number of phenolic OH excluding ortho intramolecular Hbond substituents is 2. The van der Waals surface area contributed by atoms with Crippen LogP contribution in [0.4, 0.5) is 0 Å². The van der Waals surface area contributed by atoms with Crippen molar-refractivity contribution in [2.24, 2.45) is 11.8 Å². The lowest BCUT2D eigenvalue weighted by molar-refractivity contribution is -0.142. The fourth-order valence-corrected chi connectivity index (χ4v) is 2.63. The summed E-state index contributed by atoms with van der Waals surface area (Å²) in [4.78, 5) is 23.0. The highest BCUT2D eigenvalue weighted by molar-refractivity contribution is 5.97. The minimum Gasteiger partial charge on any atom is -0.508 e. The molecular weight excluding hydrogens is 262 g/mol. The fourth-order valence-electron chi connectivity index (χ4n) is 2.63. The van der Waals surface area contributed by atoms with E-state index in [4.69, 9.17) is 5.11 Å². The lowest BCUT2D eigenvalue weighted by Gasteiger charge is -2.16. The normalized spacial score (nSPS) is 21.6. The molecule has 0 aromatic heterocycles. The summed E-state index contributed by atoms with van der Waals surface area (Å²) in [5.74, 6) is -2.20. The first-order valence-corrected chi connectivity index (χ1v) is 6.52. The fraction of sp³-hybridized carbons (Fsp3) is 0.429. The molecule has 0 radical (unpaired) electrons. The molecule has 6 heteroatoms. The molecule has 1 aliphatic rings. The number of aliphatic carboxylic acids is 1. The van der Waals surface area contributed by atoms with E-state index in [0.29, 0.717) is 6.42 Å². The Labute approximate surface area is 116 Å². The van der Waals surface area contributed by atoms with Crippen LogP contribution in [0.25, 0.3) is 0 Å². The zero-order valence-corrected chi connectivity index (χ0v) is 10.9. The maximum atomic E-state index is 11.9. The molecule has 2 atom stereocenters. The van der Waals surface area contributed by atoms with Gasteiger partial charge in [-0.3, -0.25) is 9.59 Å². The van der Waals surface area contributed by atoms with Gasteiger partial charge in [-0.2, -0.15) is 0 Å². The SMILES string of the molecule is O=C(NCC1CCCC1C(=O)O)c1cc(O)ccc1O. The number of benzene rings is 1. The molecular formula is C14H17NO5. The zero-order valence-electron chi connectivity index (χ0n) is 10.9. The Morgan fingerprint density at radius 2 is 2.00 bits per heavy atom. The van der Waals surface area contributed by atoms with E-state index in [1.165, 1.54) is 18.2 Å². The molecule has 0 aliphatic heterocycles. The Bertz CT molecular complexity index is 528. The van der Waals surface area contributed by atoms with Crippen LogP contribution in [0.1, 0.15) is 29.6 Å². The summed E-state index contributed by atoms with van der Waals surface area (Å²) >= 11 is 0. The van der Waals surface area contributed by atoms with Gasteiger partial charge in [-0.15, -0.1) is 0 Å². The summed E-state index contributed by atoms with van der Waals surface area (Å²) < 4.78 is 0. The molecule has 0 bridgehead atoms. The van der Waals surface area contributed by atoms with Crippen LogP contribution in [0.2, 0.25) is 0 Å². The zero-order chi connectivity index (χ0) is 14.7. The molecule has 1 amide bonds. The maximum Gasteiger partial charge on any atom is 0.306 e. The van der Waals surface area contributed by atoms with Crippen molar-refractivity contribution in [2.45, 2.75) is 19.3 Å². The van der Waals surface area contributed by atoms with Gasteiger partial charge in [0.05, 0.1) is 11.5 Å². The molecule has 0 saturated heterocycles. The van der Waals surface area contributed by atoms with Gasteiger partial charge < -0.3 is 20.6 Å². The summed E-state index contributed by atoms with van der Waals surface area (Å²) in [5, 5.41) is 30.6. The van der Waals surface area contributed by atoms with Crippen molar-refractivity contribution in [3.05, 3.63) is 23.8 Å². The van der Waals surface area contributed by atoms with E-state index < -0.39 is 17.8 Å². The van der Waals surface area contributed by atoms with E-state index >= 15 is 0 Å². The van der Waals surface area contributed by atoms with Crippen molar-refractivity contribution in [2.75, 3.05) is 6.54 Å². The molecule has 6 nitrogen and oxygen atoms in total. The molecule has 1 aliphatic carbocycles. The van der Waals surface area contributed by atoms with E-state index in [1.54, 1.807) is 0 Å². The number of nitrogens with one attached hydrogen (secondary N) is 1. The number of carbonyl (C=O) groups is 2. The van der Waals surface area contributed by atoms with Crippen LogP contribution in [-0.2, 0) is 4.79 Å². The number of aromatic hydroxyl groups is 2. The topological polar surface area (TPSA) is 107 Å². The predicted molar refractivity (Wildman–Crippen MR) is 70.6 cm³/mol. The first-order valence-electron chi connectivity index (χ1n) is 6.52. The van der Waals surface area contributed by atoms with Crippen LogP contribution in [0, 0.1) is 11.8 Å². The second-order valence-electron chi connectivity index (χ2n) is 5.05. The third-order valence-electron chi connectivity index (χ3n) is 3.73. The van der Waals surface area contributed by atoms with E-state index in [2.05, 4.69) is 5.32 Å². The van der Waals surface area contributed by atoms with Crippen LogP contribution in [0.15, 0.2) is 18.2 Å². The molecule has 1 aromatic rings. The molecule has 4 N–H and O–H groups in total. The number of amides is 1. The van der Waals surface area contributed by atoms with E-state index in [9.17, 15) is 19.8 Å². The molecule has 1 fully saturated rings. The van der Waals surface area contributed by atoms with Gasteiger partial charge in [0, 0.05) is 6.54 Å². The van der Waals surface area contributed by atoms with Crippen molar-refractivity contribution < 1.29 is 24.9 Å². The first-order chi connectivity index (χ1) is 9.49. The van der Waals surface area contributed by atoms with Crippen LogP contribution in [-0.4, -0.2) is 33.7 Å². The molecule has 1 aromatic carbocycles. The second kappa shape index (κ2) is 5.81. The van der Waals surface area contributed by atoms with Crippen molar-refractivity contribution in [1.29, 1.82) is 0 Å². The van der Waals surface area contributed by atoms with Gasteiger partial charge >= 0.3 is 5.97 Å². The summed E-state index contributed by atoms with van der Waals surface area (Å²) in [6.45, 7) is 0.255. The summed E-state index contributed by atoms with van der Waals surface area (Å²) in [5.41, 5.74) is -0.0186. The van der Waals surface area contributed by atoms with Crippen molar-refractivity contribution in [3.8, 4) is 11.5 Å². The highest BCUT2D eigenvalue weighted by Crippen LogP contribution is 2.31. The molecule has 20 heavy (non-hydrogen) atoms. The number of carboxylic acids is 1. The molecule has 0 spiro atoms. The van der Waals surface area contributed by atoms with Gasteiger partial charge in [-0.25, -0.2) is 0 Å². The van der Waals surface area contributed by atoms with Gasteiger partial charge in [0.15, 0.2) is 0 Å². The van der Waals surface area contributed by atoms with E-state index in [0.717, 1.165) is 12.8 Å². The second-order valence-corrected chi connectivity index (χ2v) is 5.05. The third kappa shape index (κ3) is 3.01. The van der Waals surface area contributed by atoms with Crippen LogP contribution >= 0.6 is 0 Å². The Balaban J connectivity index is 1.98. The van der Waals surface area contributed by atoms with E-state index in [1.807, 2.05) is 0 Å². The number of phenols is 2. The van der Waals surface area contributed by atoms with Crippen LogP contribution in [0.5, 0.6) is 11.5 Å².